The highest BCUT2D eigenvalue weighted by atomic mass is 19.1. The Labute approximate surface area is 525 Å². The van der Waals surface area contributed by atoms with E-state index in [2.05, 4.69) is 36.4 Å². The summed E-state index contributed by atoms with van der Waals surface area (Å²) in [5.74, 6) is -4.63. The number of carbonyl (C=O) groups excluding carboxylic acids is 9. The Balaban J connectivity index is 0.683. The van der Waals surface area contributed by atoms with E-state index in [4.69, 9.17) is 14.2 Å². The lowest BCUT2D eigenvalue weighted by Crippen LogP contribution is -2.53. The van der Waals surface area contributed by atoms with Gasteiger partial charge < -0.3 is 55.4 Å². The summed E-state index contributed by atoms with van der Waals surface area (Å²) in [6, 6.07) is 12.1. The van der Waals surface area contributed by atoms with Gasteiger partial charge in [0.25, 0.3) is 17.4 Å². The predicted octanol–water partition coefficient (Wildman–Crippen LogP) is 0.550. The second-order valence-corrected chi connectivity index (χ2v) is 24.0. The Kier molecular flexibility index (Phi) is 21.5. The minimum Gasteiger partial charge on any atom is -0.458 e. The molecule has 11 rings (SSSR count). The first-order valence-electron chi connectivity index (χ1n) is 31.4. The fraction of sp³-hybridized carbons (Fsp3) is 0.508. The largest absolute Gasteiger partial charge is 0.458 e. The van der Waals surface area contributed by atoms with E-state index >= 15 is 4.39 Å². The number of pyridine rings is 1. The number of hydrogen-bond acceptors (Lipinski definition) is 17. The van der Waals surface area contributed by atoms with Crippen LogP contribution < -0.4 is 32.1 Å². The second-order valence-electron chi connectivity index (χ2n) is 24.0. The van der Waals surface area contributed by atoms with Crippen LogP contribution in [0.15, 0.2) is 65.5 Å². The highest BCUT2D eigenvalue weighted by Crippen LogP contribution is 2.47. The number of ether oxygens (including phenoxy) is 3. The van der Waals surface area contributed by atoms with E-state index < -0.39 is 85.1 Å². The molecule has 486 valence electrons. The summed E-state index contributed by atoms with van der Waals surface area (Å²) in [5, 5.41) is 26.3. The highest BCUT2D eigenvalue weighted by molar-refractivity contribution is 6.12. The number of esters is 1. The molecular weight excluding hydrogens is 1180 g/mol. The Morgan fingerprint density at radius 2 is 1.48 bits per heavy atom. The molecule has 25 nitrogen and oxygen atoms in total. The van der Waals surface area contributed by atoms with Gasteiger partial charge in [-0.3, -0.25) is 62.8 Å². The molecule has 8 amide bonds. The number of nitrogens with zero attached hydrogens (tertiary/aromatic N) is 6. The topological polar surface area (TPSA) is 300 Å². The number of benzene rings is 3. The van der Waals surface area contributed by atoms with Gasteiger partial charge in [0.2, 0.25) is 35.4 Å². The average molecular weight is 1260 g/mol. The SMILES string of the molecule is CC[C@@]1(O)C(=O)OCc2c1cc1n(c2=O)Cc2c-1cc1cc(F)c(C)c3c1c2[C@@H](NC(=O)COCNC(=O)CNC(=O)[C@H](Cc1ccccc1)NC(=O)CNC(=O)CN1CCN2CCOCCN(CC1)CCN(C(=O)CCCCCN1C(=O)C=CC1=O)CC2)CC3. The Morgan fingerprint density at radius 3 is 2.20 bits per heavy atom. The number of nitrogens with one attached hydrogen (secondary N) is 5. The first kappa shape index (κ1) is 65.7. The normalized spacial score (nSPS) is 21.0. The predicted molar refractivity (Wildman–Crippen MR) is 329 cm³/mol. The quantitative estimate of drug-likeness (QED) is 0.0239. The molecule has 7 aliphatic rings. The number of unbranched alkanes of at least 4 members (excludes halogenated alkanes) is 2. The Morgan fingerprint density at radius 1 is 0.780 bits per heavy atom. The fourth-order valence-electron chi connectivity index (χ4n) is 12.9. The van der Waals surface area contributed by atoms with Crippen molar-refractivity contribution in [2.75, 3.05) is 118 Å². The third-order valence-electron chi connectivity index (χ3n) is 18.1. The maximum absolute atomic E-state index is 15.5. The van der Waals surface area contributed by atoms with Crippen LogP contribution in [0.1, 0.15) is 90.4 Å². The van der Waals surface area contributed by atoms with Crippen molar-refractivity contribution in [3.63, 3.8) is 0 Å². The van der Waals surface area contributed by atoms with Crippen LogP contribution in [0, 0.1) is 12.7 Å². The van der Waals surface area contributed by atoms with Gasteiger partial charge in [-0.05, 0) is 95.8 Å². The second kappa shape index (κ2) is 29.8. The number of aliphatic hydroxyl groups is 1. The molecule has 6 aliphatic heterocycles. The van der Waals surface area contributed by atoms with Crippen molar-refractivity contribution >= 4 is 64.0 Å². The van der Waals surface area contributed by atoms with Gasteiger partial charge in [-0.2, -0.15) is 0 Å². The highest BCUT2D eigenvalue weighted by Gasteiger charge is 2.46. The first-order valence-corrected chi connectivity index (χ1v) is 31.4. The number of fused-ring (bicyclic) bond motifs is 17. The zero-order chi connectivity index (χ0) is 64.3. The van der Waals surface area contributed by atoms with Gasteiger partial charge in [0.15, 0.2) is 5.60 Å². The van der Waals surface area contributed by atoms with E-state index in [1.165, 1.54) is 23.1 Å². The molecular formula is C65H80FN11O14. The van der Waals surface area contributed by atoms with Crippen molar-refractivity contribution in [1.82, 2.24) is 55.7 Å². The molecule has 3 saturated heterocycles. The molecule has 3 fully saturated rings. The van der Waals surface area contributed by atoms with Crippen LogP contribution in [0.3, 0.4) is 0 Å². The summed E-state index contributed by atoms with van der Waals surface area (Å²) in [5.41, 5.74) is 2.40. The molecule has 91 heavy (non-hydrogen) atoms. The van der Waals surface area contributed by atoms with Crippen molar-refractivity contribution in [3.05, 3.63) is 116 Å². The van der Waals surface area contributed by atoms with Gasteiger partial charge in [0, 0.05) is 108 Å². The number of imide groups is 1. The number of aryl methyl sites for hydroxylation is 1. The van der Waals surface area contributed by atoms with E-state index in [0.717, 1.165) is 27.6 Å². The third-order valence-corrected chi connectivity index (χ3v) is 18.1. The van der Waals surface area contributed by atoms with Crippen LogP contribution in [-0.4, -0.2) is 212 Å². The summed E-state index contributed by atoms with van der Waals surface area (Å²) in [7, 11) is 0. The van der Waals surface area contributed by atoms with Crippen LogP contribution in [0.4, 0.5) is 4.39 Å². The maximum Gasteiger partial charge on any atom is 0.343 e. The first-order chi connectivity index (χ1) is 43.9. The van der Waals surface area contributed by atoms with E-state index in [0.29, 0.717) is 146 Å². The van der Waals surface area contributed by atoms with Gasteiger partial charge >= 0.3 is 5.97 Å². The molecule has 7 heterocycles. The smallest absolute Gasteiger partial charge is 0.343 e. The lowest BCUT2D eigenvalue weighted by Gasteiger charge is -2.35. The Bertz CT molecular complexity index is 3520. The lowest BCUT2D eigenvalue weighted by molar-refractivity contribution is -0.172. The summed E-state index contributed by atoms with van der Waals surface area (Å²) in [6.45, 7) is 8.54. The third kappa shape index (κ3) is 15.6. The summed E-state index contributed by atoms with van der Waals surface area (Å²) >= 11 is 0. The number of hydrogen-bond donors (Lipinski definition) is 6. The van der Waals surface area contributed by atoms with Crippen LogP contribution in [0.2, 0.25) is 0 Å². The van der Waals surface area contributed by atoms with Crippen molar-refractivity contribution in [2.45, 2.75) is 96.1 Å². The van der Waals surface area contributed by atoms with Crippen LogP contribution in [0.5, 0.6) is 0 Å². The molecule has 0 spiro atoms. The standard InChI is InChI=1S/C65H80FN11O14/c1-3-65(88)48-33-52-45-31-43-32-49(66)41(2)44-13-14-50(61(60(43)44)46(45)36-77(52)63(86)47(48)38-91-64(65)87)70-56(81)39-90-40-69-53(78)34-68-62(85)51(30-42-10-6-4-7-11-42)71-54(79)35-67-55(80)37-74-20-18-72-22-24-75(25-23-73(19-21-74)27-29-89-28-26-72)57(82)12-8-5-9-17-76-58(83)15-16-59(76)84/h4,6-7,10-11,15-16,31-33,50-51,88H,3,5,8-9,12-14,17-30,34-40H2,1-2H3,(H,67,80)(H,68,85)(H,69,78)(H,70,81)(H,71,79)/t50-,51-,65-/m0/s1. The molecule has 26 heteroatoms. The molecule has 0 saturated carbocycles. The monoisotopic (exact) mass is 1260 g/mol. The summed E-state index contributed by atoms with van der Waals surface area (Å²) in [4.78, 5) is 141. The number of aromatic nitrogens is 1. The number of amides is 8. The minimum absolute atomic E-state index is 0.0123. The van der Waals surface area contributed by atoms with Crippen LogP contribution in [-0.2, 0) is 89.0 Å². The molecule has 4 aromatic rings. The van der Waals surface area contributed by atoms with Gasteiger partial charge in [-0.1, -0.05) is 43.7 Å². The minimum atomic E-state index is -2.03. The zero-order valence-corrected chi connectivity index (χ0v) is 51.5. The molecule has 6 N–H and O–H groups in total. The molecule has 2 unspecified atom stereocenters. The van der Waals surface area contributed by atoms with Gasteiger partial charge in [0.1, 0.15) is 31.8 Å². The number of cyclic esters (lactones) is 1. The summed E-state index contributed by atoms with van der Waals surface area (Å²) < 4.78 is 33.8. The zero-order valence-electron chi connectivity index (χ0n) is 51.5. The van der Waals surface area contributed by atoms with Crippen molar-refractivity contribution in [2.24, 2.45) is 0 Å². The van der Waals surface area contributed by atoms with E-state index in [1.54, 1.807) is 48.7 Å². The van der Waals surface area contributed by atoms with Crippen LogP contribution in [0.25, 0.3) is 22.0 Å². The lowest BCUT2D eigenvalue weighted by atomic mass is 9.79. The molecule has 5 atom stereocenters. The molecule has 3 aromatic carbocycles. The summed E-state index contributed by atoms with van der Waals surface area (Å²) in [6.07, 6.45) is 5.78. The van der Waals surface area contributed by atoms with Crippen LogP contribution >= 0.6 is 0 Å². The van der Waals surface area contributed by atoms with Crippen molar-refractivity contribution in [1.29, 1.82) is 0 Å². The van der Waals surface area contributed by atoms with Gasteiger partial charge in [-0.15, -0.1) is 0 Å². The van der Waals surface area contributed by atoms with Crippen molar-refractivity contribution in [3.8, 4) is 11.3 Å². The van der Waals surface area contributed by atoms with Gasteiger partial charge in [-0.25, -0.2) is 9.18 Å². The van der Waals surface area contributed by atoms with E-state index in [1.807, 2.05) is 21.9 Å². The maximum atomic E-state index is 15.5. The Hall–Kier alpha value is -8.27. The fourth-order valence-corrected chi connectivity index (χ4v) is 12.9. The van der Waals surface area contributed by atoms with E-state index in [-0.39, 0.29) is 67.3 Å². The molecule has 1 aromatic heterocycles. The number of carbonyl (C=O) groups is 9. The number of rotatable bonds is 22. The average Bonchev–Trinajstić information content (AvgIpc) is 1.63. The molecule has 2 bridgehead atoms. The van der Waals surface area contributed by atoms with Crippen molar-refractivity contribution < 1.29 is 66.9 Å². The van der Waals surface area contributed by atoms with Gasteiger partial charge in [0.05, 0.1) is 56.7 Å². The van der Waals surface area contributed by atoms with E-state index in [9.17, 15) is 53.1 Å². The molecule has 0 radical (unpaired) electrons. The molecule has 1 aliphatic carbocycles. The number of halogens is 1.